The summed E-state index contributed by atoms with van der Waals surface area (Å²) in [6.07, 6.45) is 1.43. The molecule has 0 atom stereocenters. The third-order valence-electron chi connectivity index (χ3n) is 5.64. The second-order valence-corrected chi connectivity index (χ2v) is 8.49. The van der Waals surface area contributed by atoms with Crippen LogP contribution in [0.25, 0.3) is 44.5 Å². The first-order chi connectivity index (χ1) is 17.0. The smallest absolute Gasteiger partial charge is 0.294 e. The molecule has 0 saturated carbocycles. The molecule has 0 fully saturated rings. The maximum Gasteiger partial charge on any atom is 0.294 e. The Labute approximate surface area is 203 Å². The number of nitrogens with zero attached hydrogens (tertiary/aromatic N) is 3. The van der Waals surface area contributed by atoms with E-state index in [-0.39, 0.29) is 11.3 Å². The van der Waals surface area contributed by atoms with Crippen LogP contribution < -0.4 is 16.3 Å². The fourth-order valence-corrected chi connectivity index (χ4v) is 4.21. The predicted molar refractivity (Wildman–Crippen MR) is 138 cm³/mol. The average molecular weight is 480 g/mol. The fraction of sp³-hybridized carbons (Fsp3) is 0. The van der Waals surface area contributed by atoms with Crippen molar-refractivity contribution in [2.75, 3.05) is 5.32 Å². The van der Waals surface area contributed by atoms with Crippen molar-refractivity contribution in [3.8, 4) is 11.4 Å². The molecule has 8 nitrogen and oxygen atoms in total. The van der Waals surface area contributed by atoms with E-state index in [1.807, 2.05) is 44.2 Å². The molecule has 168 valence electrons. The Morgan fingerprint density at radius 2 is 1.86 bits per heavy atom. The second-order valence-electron chi connectivity index (χ2n) is 8.09. The zero-order chi connectivity index (χ0) is 24.1. The van der Waals surface area contributed by atoms with Gasteiger partial charge in [0.05, 0.1) is 22.3 Å². The summed E-state index contributed by atoms with van der Waals surface area (Å²) in [5, 5.41) is 3.83. The molecular weight excluding hydrogens is 465 g/mol. The molecule has 0 aliphatic carbocycles. The normalized spacial score (nSPS) is 11.3. The van der Waals surface area contributed by atoms with Crippen LogP contribution in [-0.4, -0.2) is 33.7 Å². The Kier molecular flexibility index (Phi) is 4.86. The summed E-state index contributed by atoms with van der Waals surface area (Å²) >= 11 is 6.53. The van der Waals surface area contributed by atoms with E-state index in [2.05, 4.69) is 25.3 Å². The maximum absolute atomic E-state index is 12.7. The van der Waals surface area contributed by atoms with Crippen LogP contribution >= 0.6 is 11.6 Å². The van der Waals surface area contributed by atoms with Gasteiger partial charge in [0.25, 0.3) is 11.5 Å². The number of carbonyl (C=O) groups excluding carboxylic acids is 1. The van der Waals surface area contributed by atoms with Gasteiger partial charge in [0.2, 0.25) is 5.58 Å². The summed E-state index contributed by atoms with van der Waals surface area (Å²) < 4.78 is 5.69. The number of hydrogen-bond acceptors (Lipinski definition) is 6. The molecule has 6 rings (SSSR count). The minimum atomic E-state index is -0.416. The molecule has 3 aromatic heterocycles. The molecule has 0 saturated heterocycles. The highest BCUT2D eigenvalue weighted by atomic mass is 35.5. The molecule has 35 heavy (non-hydrogen) atoms. The Bertz CT molecular complexity index is 1860. The molecule has 0 aliphatic heterocycles. The van der Waals surface area contributed by atoms with Crippen LogP contribution in [0.5, 0.6) is 0 Å². The first-order valence-corrected chi connectivity index (χ1v) is 11.1. The average Bonchev–Trinajstić information content (AvgIpc) is 3.22. The van der Waals surface area contributed by atoms with E-state index in [4.69, 9.17) is 16.0 Å². The van der Waals surface area contributed by atoms with Gasteiger partial charge in [-0.1, -0.05) is 41.3 Å². The predicted octanol–water partition coefficient (Wildman–Crippen LogP) is 3.44. The van der Waals surface area contributed by atoms with Crippen molar-refractivity contribution in [3.05, 3.63) is 87.9 Å². The highest BCUT2D eigenvalue weighted by Crippen LogP contribution is 2.30. The van der Waals surface area contributed by atoms with Gasteiger partial charge in [-0.15, -0.1) is 0 Å². The molecule has 0 unspecified atom stereocenters. The van der Waals surface area contributed by atoms with Gasteiger partial charge in [-0.3, -0.25) is 14.6 Å². The SMILES string of the molecule is Bc1ccc2oc3c(=O)[nH]c(-c4ccc(NC(=O)c5cnc6ccccc6n5)cc4Cl)nc3c2c1. The van der Waals surface area contributed by atoms with Crippen molar-refractivity contribution < 1.29 is 9.21 Å². The fourth-order valence-electron chi connectivity index (χ4n) is 3.94. The largest absolute Gasteiger partial charge is 0.449 e. The minimum Gasteiger partial charge on any atom is -0.449 e. The van der Waals surface area contributed by atoms with Crippen LogP contribution in [0.4, 0.5) is 5.69 Å². The number of furan rings is 1. The first-order valence-electron chi connectivity index (χ1n) is 10.7. The third-order valence-corrected chi connectivity index (χ3v) is 5.96. The van der Waals surface area contributed by atoms with Crippen molar-refractivity contribution >= 4 is 69.6 Å². The third kappa shape index (κ3) is 3.72. The molecule has 0 radical (unpaired) electrons. The Morgan fingerprint density at radius 1 is 1.03 bits per heavy atom. The number of halogens is 1. The van der Waals surface area contributed by atoms with Crippen LogP contribution in [0.15, 0.2) is 76.1 Å². The zero-order valence-corrected chi connectivity index (χ0v) is 19.1. The second kappa shape index (κ2) is 8.07. The summed E-state index contributed by atoms with van der Waals surface area (Å²) in [4.78, 5) is 41.4. The number of aromatic amines is 1. The summed E-state index contributed by atoms with van der Waals surface area (Å²) in [6, 6.07) is 17.9. The van der Waals surface area contributed by atoms with E-state index >= 15 is 0 Å². The number of benzene rings is 3. The molecule has 0 aliphatic rings. The van der Waals surface area contributed by atoms with Gasteiger partial charge >= 0.3 is 0 Å². The van der Waals surface area contributed by atoms with Crippen molar-refractivity contribution in [1.82, 2.24) is 19.9 Å². The van der Waals surface area contributed by atoms with Gasteiger partial charge in [0.1, 0.15) is 30.5 Å². The number of aromatic nitrogens is 4. The van der Waals surface area contributed by atoms with Crippen LogP contribution in [0, 0.1) is 0 Å². The van der Waals surface area contributed by atoms with Crippen molar-refractivity contribution in [2.24, 2.45) is 0 Å². The number of nitrogens with one attached hydrogen (secondary N) is 2. The summed E-state index contributed by atoms with van der Waals surface area (Å²) in [7, 11) is 1.96. The van der Waals surface area contributed by atoms with Crippen LogP contribution in [-0.2, 0) is 0 Å². The van der Waals surface area contributed by atoms with Gasteiger partial charge in [-0.2, -0.15) is 0 Å². The summed E-state index contributed by atoms with van der Waals surface area (Å²) in [6.45, 7) is 0. The molecule has 3 aromatic carbocycles. The molecule has 6 aromatic rings. The van der Waals surface area contributed by atoms with Gasteiger partial charge in [0, 0.05) is 16.6 Å². The number of H-pyrrole nitrogens is 1. The van der Waals surface area contributed by atoms with E-state index < -0.39 is 11.5 Å². The number of para-hydroxylation sites is 2. The zero-order valence-electron chi connectivity index (χ0n) is 18.3. The van der Waals surface area contributed by atoms with Gasteiger partial charge in [-0.05, 0) is 36.4 Å². The van der Waals surface area contributed by atoms with E-state index in [1.54, 1.807) is 24.3 Å². The Morgan fingerprint density at radius 3 is 2.69 bits per heavy atom. The molecular formula is C25H15BClN5O3. The lowest BCUT2D eigenvalue weighted by Crippen LogP contribution is -2.14. The standard InChI is InChI=1S/C25H15BClN5O3/c26-12-5-8-20-15(9-12)21-22(35-20)25(34)32-23(31-21)14-7-6-13(10-16(14)27)29-24(33)19-11-28-17-3-1-2-4-18(17)30-19/h1-11H,26H2,(H,29,33)(H,31,32,34). The van der Waals surface area contributed by atoms with Gasteiger partial charge in [0.15, 0.2) is 0 Å². The number of hydrogen-bond donors (Lipinski definition) is 2. The minimum absolute atomic E-state index is 0.158. The summed E-state index contributed by atoms with van der Waals surface area (Å²) in [5.41, 5.74) is 4.32. The summed E-state index contributed by atoms with van der Waals surface area (Å²) in [5.74, 6) is -0.116. The van der Waals surface area contributed by atoms with Gasteiger partial charge in [-0.25, -0.2) is 9.97 Å². The van der Waals surface area contributed by atoms with E-state index in [1.165, 1.54) is 6.20 Å². The van der Waals surface area contributed by atoms with E-state index in [9.17, 15) is 9.59 Å². The molecule has 1 amide bonds. The lowest BCUT2D eigenvalue weighted by Gasteiger charge is -2.09. The van der Waals surface area contributed by atoms with Crippen LogP contribution in [0.1, 0.15) is 10.5 Å². The molecule has 2 N–H and O–H groups in total. The van der Waals surface area contributed by atoms with Crippen LogP contribution in [0.3, 0.4) is 0 Å². The molecule has 3 heterocycles. The lowest BCUT2D eigenvalue weighted by molar-refractivity contribution is 0.102. The number of anilines is 1. The highest BCUT2D eigenvalue weighted by molar-refractivity contribution is 6.34. The Balaban J connectivity index is 1.34. The number of carbonyl (C=O) groups is 1. The van der Waals surface area contributed by atoms with Gasteiger partial charge < -0.3 is 14.7 Å². The number of rotatable bonds is 3. The first kappa shape index (κ1) is 21.1. The topological polar surface area (TPSA) is 114 Å². The van der Waals surface area contributed by atoms with E-state index in [0.717, 1.165) is 10.8 Å². The molecule has 0 spiro atoms. The lowest BCUT2D eigenvalue weighted by atomic mass is 9.95. The maximum atomic E-state index is 12.7. The van der Waals surface area contributed by atoms with E-state index in [0.29, 0.717) is 44.2 Å². The number of amides is 1. The monoisotopic (exact) mass is 479 g/mol. The van der Waals surface area contributed by atoms with Crippen molar-refractivity contribution in [2.45, 2.75) is 0 Å². The number of fused-ring (bicyclic) bond motifs is 4. The molecule has 10 heteroatoms. The molecule has 0 bridgehead atoms. The van der Waals surface area contributed by atoms with Crippen molar-refractivity contribution in [1.29, 1.82) is 0 Å². The van der Waals surface area contributed by atoms with Crippen molar-refractivity contribution in [3.63, 3.8) is 0 Å². The van der Waals surface area contributed by atoms with Crippen LogP contribution in [0.2, 0.25) is 5.02 Å². The quantitative estimate of drug-likeness (QED) is 0.376. The Hall–Kier alpha value is -4.50. The highest BCUT2D eigenvalue weighted by Gasteiger charge is 2.17.